The lowest BCUT2D eigenvalue weighted by atomic mass is 9.50. The van der Waals surface area contributed by atoms with Crippen molar-refractivity contribution in [3.8, 4) is 0 Å². The highest BCUT2D eigenvalue weighted by Crippen LogP contribution is 2.58. The van der Waals surface area contributed by atoms with E-state index in [1.54, 1.807) is 0 Å². The third-order valence-electron chi connectivity index (χ3n) is 5.17. The van der Waals surface area contributed by atoms with Gasteiger partial charge >= 0.3 is 5.97 Å². The molecule has 4 saturated carbocycles. The van der Waals surface area contributed by atoms with E-state index in [1.807, 2.05) is 6.92 Å². The van der Waals surface area contributed by atoms with Crippen LogP contribution in [0, 0.1) is 29.6 Å². The summed E-state index contributed by atoms with van der Waals surface area (Å²) in [6, 6.07) is 0. The zero-order valence-electron chi connectivity index (χ0n) is 10.7. The molecule has 4 fully saturated rings. The van der Waals surface area contributed by atoms with E-state index in [1.165, 1.54) is 32.1 Å². The van der Waals surface area contributed by atoms with E-state index in [2.05, 4.69) is 6.58 Å². The fourth-order valence-corrected chi connectivity index (χ4v) is 4.85. The molecule has 4 bridgehead atoms. The molecule has 0 radical (unpaired) electrons. The first-order valence-corrected chi connectivity index (χ1v) is 7.05. The summed E-state index contributed by atoms with van der Waals surface area (Å²) in [6.45, 7) is 6.37. The monoisotopic (exact) mass is 234 g/mol. The molecule has 0 amide bonds. The van der Waals surface area contributed by atoms with Crippen molar-refractivity contribution in [2.75, 3.05) is 6.61 Å². The summed E-state index contributed by atoms with van der Waals surface area (Å²) in [6.07, 6.45) is 6.77. The highest BCUT2D eigenvalue weighted by molar-refractivity contribution is 5.88. The molecule has 17 heavy (non-hydrogen) atoms. The second-order valence-electron chi connectivity index (χ2n) is 6.20. The average Bonchev–Trinajstić information content (AvgIpc) is 2.27. The van der Waals surface area contributed by atoms with Gasteiger partial charge in [-0.15, -0.1) is 0 Å². The molecule has 4 rings (SSSR count). The molecule has 2 heteroatoms. The van der Waals surface area contributed by atoms with Gasteiger partial charge in [0.15, 0.2) is 0 Å². The molecule has 0 spiro atoms. The van der Waals surface area contributed by atoms with E-state index in [0.29, 0.717) is 12.5 Å². The van der Waals surface area contributed by atoms with E-state index in [4.69, 9.17) is 4.74 Å². The molecule has 94 valence electrons. The number of carbonyl (C=O) groups is 1. The van der Waals surface area contributed by atoms with Crippen molar-refractivity contribution < 1.29 is 9.53 Å². The Morgan fingerprint density at radius 2 is 1.65 bits per heavy atom. The van der Waals surface area contributed by atoms with Gasteiger partial charge in [-0.05, 0) is 68.6 Å². The van der Waals surface area contributed by atoms with Gasteiger partial charge in [-0.1, -0.05) is 6.58 Å². The Labute approximate surface area is 103 Å². The van der Waals surface area contributed by atoms with Gasteiger partial charge in [0.05, 0.1) is 6.61 Å². The lowest BCUT2D eigenvalue weighted by Gasteiger charge is -2.54. The third kappa shape index (κ3) is 1.82. The molecule has 0 saturated heterocycles. The van der Waals surface area contributed by atoms with Crippen molar-refractivity contribution in [2.24, 2.45) is 29.6 Å². The Kier molecular flexibility index (Phi) is 2.76. The fourth-order valence-electron chi connectivity index (χ4n) is 4.85. The van der Waals surface area contributed by atoms with Crippen LogP contribution in [0.15, 0.2) is 12.2 Å². The van der Waals surface area contributed by atoms with Gasteiger partial charge < -0.3 is 4.74 Å². The van der Waals surface area contributed by atoms with Gasteiger partial charge in [0.1, 0.15) is 0 Å². The number of rotatable bonds is 3. The summed E-state index contributed by atoms with van der Waals surface area (Å²) >= 11 is 0. The SMILES string of the molecule is C=C(C(=O)OCC)C1C2CC3CC(C2)CC1C3. The smallest absolute Gasteiger partial charge is 0.333 e. The molecular formula is C15H22O2. The first-order chi connectivity index (χ1) is 8.19. The van der Waals surface area contributed by atoms with Gasteiger partial charge in [0.2, 0.25) is 0 Å². The molecule has 0 N–H and O–H groups in total. The van der Waals surface area contributed by atoms with Crippen molar-refractivity contribution in [2.45, 2.75) is 39.0 Å². The zero-order chi connectivity index (χ0) is 12.0. The van der Waals surface area contributed by atoms with Crippen LogP contribution in [0.5, 0.6) is 0 Å². The van der Waals surface area contributed by atoms with E-state index in [9.17, 15) is 4.79 Å². The van der Waals surface area contributed by atoms with Crippen LogP contribution < -0.4 is 0 Å². The summed E-state index contributed by atoms with van der Waals surface area (Å²) in [7, 11) is 0. The normalized spacial score (nSPS) is 42.5. The van der Waals surface area contributed by atoms with Gasteiger partial charge in [-0.3, -0.25) is 0 Å². The molecular weight excluding hydrogens is 212 g/mol. The van der Waals surface area contributed by atoms with Crippen LogP contribution in [0.1, 0.15) is 39.0 Å². The van der Waals surface area contributed by atoms with Crippen LogP contribution in [0.25, 0.3) is 0 Å². The molecule has 0 aromatic rings. The number of carbonyl (C=O) groups excluding carboxylic acids is 1. The van der Waals surface area contributed by atoms with E-state index >= 15 is 0 Å². The average molecular weight is 234 g/mol. The minimum Gasteiger partial charge on any atom is -0.463 e. The van der Waals surface area contributed by atoms with Crippen molar-refractivity contribution in [3.05, 3.63) is 12.2 Å². The summed E-state index contributed by atoms with van der Waals surface area (Å²) in [5, 5.41) is 0. The Morgan fingerprint density at radius 1 is 1.12 bits per heavy atom. The first-order valence-electron chi connectivity index (χ1n) is 7.05. The predicted molar refractivity (Wildman–Crippen MR) is 66.3 cm³/mol. The number of hydrogen-bond acceptors (Lipinski definition) is 2. The number of hydrogen-bond donors (Lipinski definition) is 0. The largest absolute Gasteiger partial charge is 0.463 e. The molecule has 0 atom stereocenters. The topological polar surface area (TPSA) is 26.3 Å². The van der Waals surface area contributed by atoms with E-state index in [0.717, 1.165) is 29.2 Å². The van der Waals surface area contributed by atoms with E-state index in [-0.39, 0.29) is 5.97 Å². The summed E-state index contributed by atoms with van der Waals surface area (Å²) in [5.74, 6) is 3.63. The fraction of sp³-hybridized carbons (Fsp3) is 0.800. The van der Waals surface area contributed by atoms with Crippen LogP contribution in [-0.2, 0) is 9.53 Å². The maximum atomic E-state index is 11.8. The third-order valence-corrected chi connectivity index (χ3v) is 5.17. The van der Waals surface area contributed by atoms with Gasteiger partial charge in [-0.25, -0.2) is 4.79 Å². The summed E-state index contributed by atoms with van der Waals surface area (Å²) in [5.41, 5.74) is 0.764. The van der Waals surface area contributed by atoms with Crippen LogP contribution in [0.2, 0.25) is 0 Å². The predicted octanol–water partition coefficient (Wildman–Crippen LogP) is 3.18. The van der Waals surface area contributed by atoms with Crippen molar-refractivity contribution in [1.29, 1.82) is 0 Å². The Balaban J connectivity index is 1.75. The van der Waals surface area contributed by atoms with Crippen molar-refractivity contribution in [3.63, 3.8) is 0 Å². The molecule has 0 unspecified atom stereocenters. The Morgan fingerprint density at radius 3 is 2.12 bits per heavy atom. The molecule has 0 aromatic carbocycles. The van der Waals surface area contributed by atoms with Crippen LogP contribution >= 0.6 is 0 Å². The molecule has 0 aliphatic heterocycles. The van der Waals surface area contributed by atoms with Crippen molar-refractivity contribution in [1.82, 2.24) is 0 Å². The minimum atomic E-state index is -0.148. The van der Waals surface area contributed by atoms with E-state index < -0.39 is 0 Å². The first kappa shape index (κ1) is 11.3. The molecule has 0 heterocycles. The maximum absolute atomic E-state index is 11.8. The second kappa shape index (κ2) is 4.15. The van der Waals surface area contributed by atoms with Crippen LogP contribution in [0.4, 0.5) is 0 Å². The Bertz CT molecular complexity index is 317. The van der Waals surface area contributed by atoms with Crippen molar-refractivity contribution >= 4 is 5.97 Å². The van der Waals surface area contributed by atoms with Gasteiger partial charge in [-0.2, -0.15) is 0 Å². The highest BCUT2D eigenvalue weighted by Gasteiger charge is 2.49. The van der Waals surface area contributed by atoms with Gasteiger partial charge in [0.25, 0.3) is 0 Å². The zero-order valence-corrected chi connectivity index (χ0v) is 10.7. The van der Waals surface area contributed by atoms with Crippen LogP contribution in [0.3, 0.4) is 0 Å². The quantitative estimate of drug-likeness (QED) is 0.554. The minimum absolute atomic E-state index is 0.148. The number of esters is 1. The molecule has 4 aliphatic carbocycles. The highest BCUT2D eigenvalue weighted by atomic mass is 16.5. The standard InChI is InChI=1S/C15H22O2/c1-3-17-15(16)9(2)14-12-5-10-4-11(7-12)8-13(14)6-10/h10-14H,2-8H2,1H3. The maximum Gasteiger partial charge on any atom is 0.333 e. The Hall–Kier alpha value is -0.790. The second-order valence-corrected chi connectivity index (χ2v) is 6.20. The molecule has 2 nitrogen and oxygen atoms in total. The van der Waals surface area contributed by atoms with Gasteiger partial charge in [0, 0.05) is 5.57 Å². The lowest BCUT2D eigenvalue weighted by molar-refractivity contribution is -0.141. The molecule has 4 aliphatic rings. The number of ether oxygens (including phenoxy) is 1. The summed E-state index contributed by atoms with van der Waals surface area (Å²) < 4.78 is 5.12. The van der Waals surface area contributed by atoms with Crippen LogP contribution in [-0.4, -0.2) is 12.6 Å². The lowest BCUT2D eigenvalue weighted by Crippen LogP contribution is -2.46. The summed E-state index contributed by atoms with van der Waals surface area (Å²) in [4.78, 5) is 11.8. The molecule has 0 aromatic heterocycles.